The van der Waals surface area contributed by atoms with Gasteiger partial charge in [0.15, 0.2) is 0 Å². The van der Waals surface area contributed by atoms with Crippen LogP contribution in [0, 0.1) is 0 Å². The van der Waals surface area contributed by atoms with Gasteiger partial charge in [0.25, 0.3) is 0 Å². The highest BCUT2D eigenvalue weighted by molar-refractivity contribution is 5.67. The van der Waals surface area contributed by atoms with Gasteiger partial charge in [-0.1, -0.05) is 0 Å². The lowest BCUT2D eigenvalue weighted by atomic mass is 9.93. The Morgan fingerprint density at radius 3 is 2.67 bits per heavy atom. The fourth-order valence-electron chi connectivity index (χ4n) is 2.72. The average molecular weight is 214 g/mol. The molecule has 1 saturated heterocycles. The standard InChI is InChI=1S/C11H22N2O2/c1-8(2)13-9(5-10(14)15)6-12-7-11(13,3)4/h8-9,12H,5-7H2,1-4H3,(H,14,15). The van der Waals surface area contributed by atoms with Crippen molar-refractivity contribution in [2.45, 2.75) is 51.7 Å². The van der Waals surface area contributed by atoms with Crippen LogP contribution in [0.4, 0.5) is 0 Å². The van der Waals surface area contributed by atoms with Crippen molar-refractivity contribution in [3.05, 3.63) is 0 Å². The Labute approximate surface area is 91.6 Å². The molecule has 1 rings (SSSR count). The van der Waals surface area contributed by atoms with Crippen LogP contribution in [0.15, 0.2) is 0 Å². The van der Waals surface area contributed by atoms with Gasteiger partial charge in [0, 0.05) is 30.7 Å². The first kappa shape index (κ1) is 12.5. The van der Waals surface area contributed by atoms with Gasteiger partial charge in [-0.3, -0.25) is 9.69 Å². The van der Waals surface area contributed by atoms with Gasteiger partial charge in [-0.05, 0) is 27.7 Å². The molecule has 4 nitrogen and oxygen atoms in total. The largest absolute Gasteiger partial charge is 0.481 e. The maximum atomic E-state index is 10.8. The minimum atomic E-state index is -0.717. The van der Waals surface area contributed by atoms with Gasteiger partial charge < -0.3 is 10.4 Å². The summed E-state index contributed by atoms with van der Waals surface area (Å²) in [6.45, 7) is 10.3. The van der Waals surface area contributed by atoms with Crippen LogP contribution in [0.2, 0.25) is 0 Å². The highest BCUT2D eigenvalue weighted by atomic mass is 16.4. The highest BCUT2D eigenvalue weighted by Crippen LogP contribution is 2.25. The van der Waals surface area contributed by atoms with E-state index < -0.39 is 5.97 Å². The normalized spacial score (nSPS) is 26.9. The number of carboxylic acids is 1. The molecule has 88 valence electrons. The van der Waals surface area contributed by atoms with Gasteiger partial charge in [-0.15, -0.1) is 0 Å². The Balaban J connectivity index is 2.80. The second kappa shape index (κ2) is 4.49. The van der Waals surface area contributed by atoms with Crippen LogP contribution in [0.5, 0.6) is 0 Å². The molecule has 0 spiro atoms. The molecule has 0 radical (unpaired) electrons. The Bertz CT molecular complexity index is 239. The summed E-state index contributed by atoms with van der Waals surface area (Å²) in [6.07, 6.45) is 0.217. The first-order valence-corrected chi connectivity index (χ1v) is 5.55. The van der Waals surface area contributed by atoms with Crippen LogP contribution >= 0.6 is 0 Å². The maximum absolute atomic E-state index is 10.8. The van der Waals surface area contributed by atoms with Crippen LogP contribution in [-0.4, -0.2) is 46.7 Å². The SMILES string of the molecule is CC(C)N1C(CC(=O)O)CNCC1(C)C. The second-order valence-electron chi connectivity index (χ2n) is 5.20. The summed E-state index contributed by atoms with van der Waals surface area (Å²) in [6, 6.07) is 0.484. The summed E-state index contributed by atoms with van der Waals surface area (Å²) in [7, 11) is 0. The first-order chi connectivity index (χ1) is 6.84. The summed E-state index contributed by atoms with van der Waals surface area (Å²) < 4.78 is 0. The molecule has 2 N–H and O–H groups in total. The molecule has 0 aliphatic carbocycles. The minimum Gasteiger partial charge on any atom is -0.481 e. The molecule has 0 aromatic heterocycles. The van der Waals surface area contributed by atoms with E-state index >= 15 is 0 Å². The van der Waals surface area contributed by atoms with Crippen LogP contribution < -0.4 is 5.32 Å². The lowest BCUT2D eigenvalue weighted by Crippen LogP contribution is -2.65. The lowest BCUT2D eigenvalue weighted by molar-refractivity contribution is -0.139. The number of hydrogen-bond acceptors (Lipinski definition) is 3. The number of nitrogens with one attached hydrogen (secondary N) is 1. The van der Waals surface area contributed by atoms with E-state index in [-0.39, 0.29) is 18.0 Å². The molecule has 0 bridgehead atoms. The molecular formula is C11H22N2O2. The maximum Gasteiger partial charge on any atom is 0.304 e. The monoisotopic (exact) mass is 214 g/mol. The minimum absolute atomic E-state index is 0.0343. The van der Waals surface area contributed by atoms with E-state index in [1.165, 1.54) is 0 Å². The Kier molecular flexibility index (Phi) is 3.73. The predicted octanol–water partition coefficient (Wildman–Crippen LogP) is 0.922. The number of rotatable bonds is 3. The van der Waals surface area contributed by atoms with Crippen LogP contribution in [0.1, 0.15) is 34.1 Å². The molecule has 0 aromatic carbocycles. The zero-order valence-corrected chi connectivity index (χ0v) is 10.1. The van der Waals surface area contributed by atoms with Crippen molar-refractivity contribution in [2.24, 2.45) is 0 Å². The molecule has 1 unspecified atom stereocenters. The summed E-state index contributed by atoms with van der Waals surface area (Å²) in [5.74, 6) is -0.717. The predicted molar refractivity (Wildman–Crippen MR) is 60.0 cm³/mol. The fourth-order valence-corrected chi connectivity index (χ4v) is 2.72. The van der Waals surface area contributed by atoms with E-state index in [1.807, 2.05) is 0 Å². The van der Waals surface area contributed by atoms with Crippen molar-refractivity contribution in [3.63, 3.8) is 0 Å². The van der Waals surface area contributed by atoms with Crippen molar-refractivity contribution in [1.82, 2.24) is 10.2 Å². The van der Waals surface area contributed by atoms with E-state index in [0.29, 0.717) is 6.04 Å². The van der Waals surface area contributed by atoms with Gasteiger partial charge >= 0.3 is 5.97 Å². The molecule has 4 heteroatoms. The van der Waals surface area contributed by atoms with Crippen LogP contribution in [0.25, 0.3) is 0 Å². The van der Waals surface area contributed by atoms with Gasteiger partial charge in [0.2, 0.25) is 0 Å². The van der Waals surface area contributed by atoms with E-state index in [1.54, 1.807) is 0 Å². The molecule has 15 heavy (non-hydrogen) atoms. The molecular weight excluding hydrogens is 192 g/mol. The number of carbonyl (C=O) groups is 1. The van der Waals surface area contributed by atoms with E-state index in [4.69, 9.17) is 5.11 Å². The molecule has 1 atom stereocenters. The third-order valence-corrected chi connectivity index (χ3v) is 3.00. The number of nitrogens with zero attached hydrogens (tertiary/aromatic N) is 1. The Morgan fingerprint density at radius 1 is 1.60 bits per heavy atom. The number of piperazine rings is 1. The molecule has 1 heterocycles. The third kappa shape index (κ3) is 2.92. The zero-order valence-electron chi connectivity index (χ0n) is 10.1. The van der Waals surface area contributed by atoms with Crippen molar-refractivity contribution in [3.8, 4) is 0 Å². The number of aliphatic carboxylic acids is 1. The van der Waals surface area contributed by atoms with Gasteiger partial charge in [0.1, 0.15) is 0 Å². The molecule has 1 aliphatic rings. The third-order valence-electron chi connectivity index (χ3n) is 3.00. The topological polar surface area (TPSA) is 52.6 Å². The Hall–Kier alpha value is -0.610. The smallest absolute Gasteiger partial charge is 0.304 e. The molecule has 0 aromatic rings. The van der Waals surface area contributed by atoms with Crippen LogP contribution in [0.3, 0.4) is 0 Å². The molecule has 1 aliphatic heterocycles. The molecule has 1 fully saturated rings. The molecule has 0 amide bonds. The first-order valence-electron chi connectivity index (χ1n) is 5.55. The number of carboxylic acid groups (broad SMARTS) is 1. The summed E-state index contributed by atoms with van der Waals surface area (Å²) in [5.41, 5.74) is 0.0343. The fraction of sp³-hybridized carbons (Fsp3) is 0.909. The van der Waals surface area contributed by atoms with Gasteiger partial charge in [-0.25, -0.2) is 0 Å². The van der Waals surface area contributed by atoms with Crippen molar-refractivity contribution in [2.75, 3.05) is 13.1 Å². The lowest BCUT2D eigenvalue weighted by Gasteiger charge is -2.50. The van der Waals surface area contributed by atoms with Crippen LogP contribution in [-0.2, 0) is 4.79 Å². The van der Waals surface area contributed by atoms with E-state index in [0.717, 1.165) is 13.1 Å². The highest BCUT2D eigenvalue weighted by Gasteiger charge is 2.38. The number of hydrogen-bond donors (Lipinski definition) is 2. The quantitative estimate of drug-likeness (QED) is 0.733. The summed E-state index contributed by atoms with van der Waals surface area (Å²) in [5, 5.41) is 12.2. The second-order valence-corrected chi connectivity index (χ2v) is 5.20. The van der Waals surface area contributed by atoms with Crippen molar-refractivity contribution < 1.29 is 9.90 Å². The van der Waals surface area contributed by atoms with E-state index in [2.05, 4.69) is 37.9 Å². The summed E-state index contributed by atoms with van der Waals surface area (Å²) in [4.78, 5) is 13.1. The summed E-state index contributed by atoms with van der Waals surface area (Å²) >= 11 is 0. The average Bonchev–Trinajstić information content (AvgIpc) is 1.99. The molecule has 0 saturated carbocycles. The van der Waals surface area contributed by atoms with Gasteiger partial charge in [0.05, 0.1) is 6.42 Å². The van der Waals surface area contributed by atoms with E-state index in [9.17, 15) is 4.79 Å². The van der Waals surface area contributed by atoms with Crippen molar-refractivity contribution >= 4 is 5.97 Å². The Morgan fingerprint density at radius 2 is 2.20 bits per heavy atom. The van der Waals surface area contributed by atoms with Gasteiger partial charge in [-0.2, -0.15) is 0 Å². The van der Waals surface area contributed by atoms with Crippen molar-refractivity contribution in [1.29, 1.82) is 0 Å². The zero-order chi connectivity index (χ0) is 11.6.